The predicted octanol–water partition coefficient (Wildman–Crippen LogP) is 1.51. The number of alkyl halides is 3. The van der Waals surface area contributed by atoms with Crippen LogP contribution in [0.15, 0.2) is 30.3 Å². The molecule has 0 aliphatic heterocycles. The summed E-state index contributed by atoms with van der Waals surface area (Å²) < 4.78 is 42.3. The summed E-state index contributed by atoms with van der Waals surface area (Å²) in [6.07, 6.45) is -4.71. The van der Waals surface area contributed by atoms with Crippen molar-refractivity contribution < 1.29 is 22.7 Å². The number of hydrogen-bond donors (Lipinski definition) is 0. The van der Waals surface area contributed by atoms with Crippen LogP contribution < -0.4 is 0 Å². The number of benzene rings is 1. The number of rotatable bonds is 3. The van der Waals surface area contributed by atoms with E-state index in [9.17, 15) is 18.0 Å². The SMILES string of the molecule is O=C(OCn1nnnc1C(F)(F)F)c1ccccc1. The number of ether oxygens (including phenoxy) is 1. The first kappa shape index (κ1) is 13.0. The fourth-order valence-electron chi connectivity index (χ4n) is 1.27. The number of halogens is 3. The zero-order valence-electron chi connectivity index (χ0n) is 9.33. The summed E-state index contributed by atoms with van der Waals surface area (Å²) >= 11 is 0. The molecule has 1 aromatic carbocycles. The Labute approximate surface area is 104 Å². The third-order valence-electron chi connectivity index (χ3n) is 2.11. The second kappa shape index (κ2) is 5.04. The number of tetrazole rings is 1. The molecule has 0 saturated carbocycles. The molecular weight excluding hydrogens is 265 g/mol. The van der Waals surface area contributed by atoms with Crippen LogP contribution in [-0.4, -0.2) is 26.2 Å². The van der Waals surface area contributed by atoms with Crippen molar-refractivity contribution in [2.24, 2.45) is 0 Å². The maximum atomic E-state index is 12.4. The predicted molar refractivity (Wildman–Crippen MR) is 54.7 cm³/mol. The van der Waals surface area contributed by atoms with Gasteiger partial charge < -0.3 is 4.74 Å². The average molecular weight is 272 g/mol. The van der Waals surface area contributed by atoms with Crippen LogP contribution in [0, 0.1) is 0 Å². The van der Waals surface area contributed by atoms with Gasteiger partial charge in [-0.15, -0.1) is 5.10 Å². The summed E-state index contributed by atoms with van der Waals surface area (Å²) in [6.45, 7) is -0.713. The molecule has 0 aliphatic rings. The molecule has 0 unspecified atom stereocenters. The van der Waals surface area contributed by atoms with E-state index in [1.165, 1.54) is 12.1 Å². The highest BCUT2D eigenvalue weighted by Crippen LogP contribution is 2.26. The molecule has 0 amide bonds. The van der Waals surface area contributed by atoms with Gasteiger partial charge in [0.05, 0.1) is 5.56 Å². The van der Waals surface area contributed by atoms with E-state index < -0.39 is 24.7 Å². The van der Waals surface area contributed by atoms with Crippen LogP contribution in [-0.2, 0) is 17.6 Å². The van der Waals surface area contributed by atoms with Crippen molar-refractivity contribution in [3.63, 3.8) is 0 Å². The molecule has 0 aliphatic carbocycles. The molecule has 0 bridgehead atoms. The summed E-state index contributed by atoms with van der Waals surface area (Å²) in [6, 6.07) is 7.86. The third kappa shape index (κ3) is 3.06. The van der Waals surface area contributed by atoms with Crippen molar-refractivity contribution in [2.75, 3.05) is 0 Å². The summed E-state index contributed by atoms with van der Waals surface area (Å²) in [5, 5.41) is 8.82. The maximum absolute atomic E-state index is 12.4. The Kier molecular flexibility index (Phi) is 3.45. The van der Waals surface area contributed by atoms with E-state index in [4.69, 9.17) is 0 Å². The van der Waals surface area contributed by atoms with Gasteiger partial charge in [-0.2, -0.15) is 17.9 Å². The topological polar surface area (TPSA) is 69.9 Å². The molecule has 0 N–H and O–H groups in total. The zero-order valence-corrected chi connectivity index (χ0v) is 9.33. The quantitative estimate of drug-likeness (QED) is 0.792. The number of nitrogens with zero attached hydrogens (tertiary/aromatic N) is 4. The van der Waals surface area contributed by atoms with E-state index in [2.05, 4.69) is 20.3 Å². The van der Waals surface area contributed by atoms with Gasteiger partial charge in [0.25, 0.3) is 5.82 Å². The van der Waals surface area contributed by atoms with Gasteiger partial charge in [-0.25, -0.2) is 4.79 Å². The first-order valence-corrected chi connectivity index (χ1v) is 5.04. The molecule has 2 aromatic rings. The smallest absolute Gasteiger partial charge is 0.439 e. The number of hydrogen-bond acceptors (Lipinski definition) is 5. The number of carbonyl (C=O) groups is 1. The van der Waals surface area contributed by atoms with Crippen molar-refractivity contribution >= 4 is 5.97 Å². The summed E-state index contributed by atoms with van der Waals surface area (Å²) in [7, 11) is 0. The lowest BCUT2D eigenvalue weighted by atomic mass is 10.2. The lowest BCUT2D eigenvalue weighted by molar-refractivity contribution is -0.149. The number of carbonyl (C=O) groups excluding carboxylic acids is 1. The fourth-order valence-corrected chi connectivity index (χ4v) is 1.27. The van der Waals surface area contributed by atoms with Crippen LogP contribution in [0.2, 0.25) is 0 Å². The Morgan fingerprint density at radius 3 is 2.58 bits per heavy atom. The first-order chi connectivity index (χ1) is 8.98. The Balaban J connectivity index is 2.04. The Morgan fingerprint density at radius 1 is 1.26 bits per heavy atom. The van der Waals surface area contributed by atoms with Crippen LogP contribution in [0.25, 0.3) is 0 Å². The van der Waals surface area contributed by atoms with Crippen molar-refractivity contribution in [3.8, 4) is 0 Å². The van der Waals surface area contributed by atoms with E-state index in [0.717, 1.165) is 0 Å². The second-order valence-electron chi connectivity index (χ2n) is 3.43. The highest BCUT2D eigenvalue weighted by molar-refractivity contribution is 5.89. The Morgan fingerprint density at radius 2 is 1.95 bits per heavy atom. The monoisotopic (exact) mass is 272 g/mol. The summed E-state index contributed by atoms with van der Waals surface area (Å²) in [5.74, 6) is -2.09. The molecular formula is C10H7F3N4O2. The minimum atomic E-state index is -4.71. The van der Waals surface area contributed by atoms with E-state index in [0.29, 0.717) is 4.68 Å². The molecule has 1 aromatic heterocycles. The van der Waals surface area contributed by atoms with Gasteiger partial charge in [0.2, 0.25) is 0 Å². The van der Waals surface area contributed by atoms with Crippen molar-refractivity contribution in [1.29, 1.82) is 0 Å². The molecule has 19 heavy (non-hydrogen) atoms. The summed E-state index contributed by atoms with van der Waals surface area (Å²) in [5.41, 5.74) is 0.226. The summed E-state index contributed by atoms with van der Waals surface area (Å²) in [4.78, 5) is 11.5. The lowest BCUT2D eigenvalue weighted by Crippen LogP contribution is -2.19. The van der Waals surface area contributed by atoms with Gasteiger partial charge in [-0.1, -0.05) is 18.2 Å². The van der Waals surface area contributed by atoms with E-state index in [1.807, 2.05) is 0 Å². The van der Waals surface area contributed by atoms with Gasteiger partial charge in [0.15, 0.2) is 6.73 Å². The fraction of sp³-hybridized carbons (Fsp3) is 0.200. The van der Waals surface area contributed by atoms with Crippen LogP contribution in [0.3, 0.4) is 0 Å². The van der Waals surface area contributed by atoms with Gasteiger partial charge in [-0.3, -0.25) is 0 Å². The molecule has 2 rings (SSSR count). The largest absolute Gasteiger partial charge is 0.453 e. The second-order valence-corrected chi connectivity index (χ2v) is 3.43. The van der Waals surface area contributed by atoms with Gasteiger partial charge >= 0.3 is 12.1 Å². The number of aromatic nitrogens is 4. The lowest BCUT2D eigenvalue weighted by Gasteiger charge is -2.08. The standard InChI is InChI=1S/C10H7F3N4O2/c11-10(12,13)9-14-15-16-17(9)6-19-8(18)7-4-2-1-3-5-7/h1-5H,6H2. The van der Waals surface area contributed by atoms with Crippen molar-refractivity contribution in [3.05, 3.63) is 41.7 Å². The molecule has 0 fully saturated rings. The van der Waals surface area contributed by atoms with Crippen LogP contribution in [0.1, 0.15) is 16.2 Å². The molecule has 100 valence electrons. The van der Waals surface area contributed by atoms with Crippen molar-refractivity contribution in [2.45, 2.75) is 12.9 Å². The third-order valence-corrected chi connectivity index (χ3v) is 2.11. The molecule has 0 radical (unpaired) electrons. The molecule has 1 heterocycles. The molecule has 6 nitrogen and oxygen atoms in total. The van der Waals surface area contributed by atoms with E-state index >= 15 is 0 Å². The molecule has 0 saturated heterocycles. The highest BCUT2D eigenvalue weighted by atomic mass is 19.4. The minimum absolute atomic E-state index is 0.226. The van der Waals surface area contributed by atoms with E-state index in [1.54, 1.807) is 18.2 Å². The number of esters is 1. The first-order valence-electron chi connectivity index (χ1n) is 5.04. The Bertz CT molecular complexity index is 568. The van der Waals surface area contributed by atoms with E-state index in [-0.39, 0.29) is 5.56 Å². The van der Waals surface area contributed by atoms with Crippen molar-refractivity contribution in [1.82, 2.24) is 20.2 Å². The van der Waals surface area contributed by atoms with Gasteiger partial charge in [-0.05, 0) is 22.6 Å². The van der Waals surface area contributed by atoms with Crippen LogP contribution in [0.4, 0.5) is 13.2 Å². The normalized spacial score (nSPS) is 11.3. The Hall–Kier alpha value is -2.45. The van der Waals surface area contributed by atoms with Crippen LogP contribution in [0.5, 0.6) is 0 Å². The molecule has 0 spiro atoms. The van der Waals surface area contributed by atoms with Crippen LogP contribution >= 0.6 is 0 Å². The minimum Gasteiger partial charge on any atom is -0.439 e. The molecule has 9 heteroatoms. The highest BCUT2D eigenvalue weighted by Gasteiger charge is 2.38. The average Bonchev–Trinajstić information content (AvgIpc) is 2.85. The van der Waals surface area contributed by atoms with Gasteiger partial charge in [0, 0.05) is 0 Å². The molecule has 0 atom stereocenters. The zero-order chi connectivity index (χ0) is 13.9. The van der Waals surface area contributed by atoms with Gasteiger partial charge in [0.1, 0.15) is 0 Å². The maximum Gasteiger partial charge on any atom is 0.453 e.